The van der Waals surface area contributed by atoms with Gasteiger partial charge in [-0.25, -0.2) is 4.39 Å². The number of halogens is 1. The van der Waals surface area contributed by atoms with Crippen molar-refractivity contribution in [2.45, 2.75) is 31.4 Å². The lowest BCUT2D eigenvalue weighted by atomic mass is 10.0. The highest BCUT2D eigenvalue weighted by molar-refractivity contribution is 5.77. The Bertz CT molecular complexity index is 798. The molecule has 25 heavy (non-hydrogen) atoms. The number of rotatable bonds is 4. The van der Waals surface area contributed by atoms with E-state index < -0.39 is 6.10 Å². The Balaban J connectivity index is 1.68. The van der Waals surface area contributed by atoms with Gasteiger partial charge in [-0.1, -0.05) is 24.3 Å². The van der Waals surface area contributed by atoms with Gasteiger partial charge in [-0.15, -0.1) is 0 Å². The largest absolute Gasteiger partial charge is 0.391 e. The smallest absolute Gasteiger partial charge is 0.223 e. The normalized spacial score (nSPS) is 19.6. The van der Waals surface area contributed by atoms with Crippen molar-refractivity contribution < 1.29 is 14.3 Å². The first-order chi connectivity index (χ1) is 12.1. The highest BCUT2D eigenvalue weighted by atomic mass is 19.1. The van der Waals surface area contributed by atoms with Gasteiger partial charge in [-0.3, -0.25) is 4.79 Å². The highest BCUT2D eigenvalue weighted by Crippen LogP contribution is 2.33. The predicted octanol–water partition coefficient (Wildman–Crippen LogP) is 2.96. The summed E-state index contributed by atoms with van der Waals surface area (Å²) >= 11 is 0. The maximum Gasteiger partial charge on any atom is 0.223 e. The predicted molar refractivity (Wildman–Crippen MR) is 91.0 cm³/mol. The Labute approximate surface area is 146 Å². The number of aryl methyl sites for hydroxylation is 1. The molecule has 0 aliphatic carbocycles. The maximum atomic E-state index is 13.5. The summed E-state index contributed by atoms with van der Waals surface area (Å²) in [5, 5.41) is 18.8. The molecule has 1 heterocycles. The molecule has 0 saturated carbocycles. The van der Waals surface area contributed by atoms with E-state index in [0.29, 0.717) is 30.4 Å². The number of amides is 1. The molecule has 0 aromatic heterocycles. The van der Waals surface area contributed by atoms with E-state index in [4.69, 9.17) is 5.26 Å². The Morgan fingerprint density at radius 3 is 2.72 bits per heavy atom. The maximum absolute atomic E-state index is 13.5. The molecule has 1 fully saturated rings. The molecule has 0 radical (unpaired) electrons. The van der Waals surface area contributed by atoms with Gasteiger partial charge in [0.2, 0.25) is 5.91 Å². The van der Waals surface area contributed by atoms with Crippen molar-refractivity contribution in [1.82, 2.24) is 4.90 Å². The molecular weight excluding hydrogens is 319 g/mol. The summed E-state index contributed by atoms with van der Waals surface area (Å²) in [6, 6.07) is 15.1. The number of aliphatic hydroxyl groups is 1. The first-order valence-corrected chi connectivity index (χ1v) is 8.29. The summed E-state index contributed by atoms with van der Waals surface area (Å²) in [5.41, 5.74) is 2.28. The van der Waals surface area contributed by atoms with Crippen molar-refractivity contribution in [1.29, 1.82) is 5.26 Å². The molecule has 128 valence electrons. The summed E-state index contributed by atoms with van der Waals surface area (Å²) in [4.78, 5) is 14.3. The van der Waals surface area contributed by atoms with Crippen molar-refractivity contribution in [3.05, 3.63) is 71.0 Å². The van der Waals surface area contributed by atoms with E-state index in [-0.39, 0.29) is 24.3 Å². The van der Waals surface area contributed by atoms with E-state index in [1.165, 1.54) is 12.1 Å². The quantitative estimate of drug-likeness (QED) is 0.932. The highest BCUT2D eigenvalue weighted by Gasteiger charge is 2.35. The number of carbonyl (C=O) groups excluding carboxylic acids is 1. The van der Waals surface area contributed by atoms with Crippen LogP contribution in [0.25, 0.3) is 0 Å². The van der Waals surface area contributed by atoms with E-state index in [9.17, 15) is 14.3 Å². The molecule has 2 atom stereocenters. The van der Waals surface area contributed by atoms with E-state index in [1.807, 2.05) is 12.1 Å². The molecular formula is C20H19FN2O2. The zero-order valence-corrected chi connectivity index (χ0v) is 13.7. The van der Waals surface area contributed by atoms with Gasteiger partial charge in [0.05, 0.1) is 23.8 Å². The molecule has 1 amide bonds. The summed E-state index contributed by atoms with van der Waals surface area (Å²) in [5.74, 6) is -0.404. The van der Waals surface area contributed by atoms with Crippen LogP contribution >= 0.6 is 0 Å². The van der Waals surface area contributed by atoms with Crippen LogP contribution in [-0.4, -0.2) is 28.6 Å². The number of benzene rings is 2. The zero-order chi connectivity index (χ0) is 17.8. The molecule has 5 heteroatoms. The molecule has 2 aromatic carbocycles. The minimum atomic E-state index is -0.591. The first kappa shape index (κ1) is 17.1. The van der Waals surface area contributed by atoms with Crippen LogP contribution < -0.4 is 0 Å². The number of hydrogen-bond acceptors (Lipinski definition) is 3. The average Bonchev–Trinajstić information content (AvgIpc) is 3.02. The van der Waals surface area contributed by atoms with Crippen LogP contribution in [0.4, 0.5) is 4.39 Å². The van der Waals surface area contributed by atoms with Gasteiger partial charge in [-0.05, 0) is 48.2 Å². The molecule has 3 rings (SSSR count). The fraction of sp³-hybridized carbons (Fsp3) is 0.300. The Morgan fingerprint density at radius 1 is 1.28 bits per heavy atom. The third kappa shape index (κ3) is 4.04. The van der Waals surface area contributed by atoms with Crippen molar-refractivity contribution >= 4 is 5.91 Å². The van der Waals surface area contributed by atoms with E-state index in [0.717, 1.165) is 5.56 Å². The molecule has 4 nitrogen and oxygen atoms in total. The SMILES string of the molecule is N#Cc1ccc(CCC(=O)N2C[C@H](O)C[C@H]2c2cccc(F)c2)cc1. The fourth-order valence-electron chi connectivity index (χ4n) is 3.26. The minimum absolute atomic E-state index is 0.0600. The number of β-amino-alcohol motifs (C(OH)–C–C–N with tert-alkyl or cyclic N) is 1. The lowest BCUT2D eigenvalue weighted by molar-refractivity contribution is -0.132. The van der Waals surface area contributed by atoms with Crippen molar-refractivity contribution in [2.24, 2.45) is 0 Å². The van der Waals surface area contributed by atoms with E-state index >= 15 is 0 Å². The van der Waals surface area contributed by atoms with Crippen LogP contribution in [0.5, 0.6) is 0 Å². The molecule has 0 unspecified atom stereocenters. The van der Waals surface area contributed by atoms with Gasteiger partial charge >= 0.3 is 0 Å². The second-order valence-electron chi connectivity index (χ2n) is 6.32. The van der Waals surface area contributed by atoms with Crippen LogP contribution in [0.15, 0.2) is 48.5 Å². The number of nitriles is 1. The lowest BCUT2D eigenvalue weighted by Crippen LogP contribution is -2.32. The second-order valence-corrected chi connectivity index (χ2v) is 6.32. The van der Waals surface area contributed by atoms with Crippen LogP contribution in [-0.2, 0) is 11.2 Å². The van der Waals surface area contributed by atoms with Crippen molar-refractivity contribution in [3.8, 4) is 6.07 Å². The molecule has 0 spiro atoms. The summed E-state index contributed by atoms with van der Waals surface area (Å²) in [7, 11) is 0. The molecule has 1 aliphatic rings. The molecule has 1 aliphatic heterocycles. The third-order valence-corrected chi connectivity index (χ3v) is 4.54. The minimum Gasteiger partial charge on any atom is -0.391 e. The van der Waals surface area contributed by atoms with E-state index in [1.54, 1.807) is 29.2 Å². The molecule has 0 bridgehead atoms. The monoisotopic (exact) mass is 338 g/mol. The molecule has 1 saturated heterocycles. The summed E-state index contributed by atoms with van der Waals surface area (Å²) in [6.45, 7) is 0.271. The van der Waals surface area contributed by atoms with Crippen molar-refractivity contribution in [3.63, 3.8) is 0 Å². The lowest BCUT2D eigenvalue weighted by Gasteiger charge is -2.25. The number of carbonyl (C=O) groups is 1. The van der Waals surface area contributed by atoms with Gasteiger partial charge in [-0.2, -0.15) is 5.26 Å². The van der Waals surface area contributed by atoms with E-state index in [2.05, 4.69) is 6.07 Å². The zero-order valence-electron chi connectivity index (χ0n) is 13.7. The molecule has 2 aromatic rings. The van der Waals surface area contributed by atoms with Gasteiger partial charge in [0.1, 0.15) is 5.82 Å². The Morgan fingerprint density at radius 2 is 2.04 bits per heavy atom. The average molecular weight is 338 g/mol. The fourth-order valence-corrected chi connectivity index (χ4v) is 3.26. The number of hydrogen-bond donors (Lipinski definition) is 1. The number of likely N-dealkylation sites (tertiary alicyclic amines) is 1. The van der Waals surface area contributed by atoms with Gasteiger partial charge < -0.3 is 10.0 Å². The summed E-state index contributed by atoms with van der Waals surface area (Å²) < 4.78 is 13.5. The van der Waals surface area contributed by atoms with Gasteiger partial charge in [0.25, 0.3) is 0 Å². The Hall–Kier alpha value is -2.71. The topological polar surface area (TPSA) is 64.3 Å². The number of aliphatic hydroxyl groups excluding tert-OH is 1. The van der Waals surface area contributed by atoms with Crippen LogP contribution in [0.1, 0.15) is 35.6 Å². The Kier molecular flexibility index (Phi) is 5.11. The van der Waals surface area contributed by atoms with Crippen LogP contribution in [0.3, 0.4) is 0 Å². The van der Waals surface area contributed by atoms with Crippen LogP contribution in [0, 0.1) is 17.1 Å². The first-order valence-electron chi connectivity index (χ1n) is 8.29. The van der Waals surface area contributed by atoms with Gasteiger partial charge in [0, 0.05) is 13.0 Å². The second kappa shape index (κ2) is 7.45. The third-order valence-electron chi connectivity index (χ3n) is 4.54. The standard InChI is InChI=1S/C20H19FN2O2/c21-17-3-1-2-16(10-17)19-11-18(24)13-23(19)20(25)9-8-14-4-6-15(12-22)7-5-14/h1-7,10,18-19,24H,8-9,11,13H2/t18-,19+/m1/s1. The van der Waals surface area contributed by atoms with Crippen LogP contribution in [0.2, 0.25) is 0 Å². The van der Waals surface area contributed by atoms with Gasteiger partial charge in [0.15, 0.2) is 0 Å². The summed E-state index contributed by atoms with van der Waals surface area (Å²) in [6.07, 6.45) is 0.705. The van der Waals surface area contributed by atoms with Crippen molar-refractivity contribution in [2.75, 3.05) is 6.54 Å². The number of nitrogens with zero attached hydrogens (tertiary/aromatic N) is 2. The molecule has 1 N–H and O–H groups in total.